The van der Waals surface area contributed by atoms with Gasteiger partial charge in [-0.1, -0.05) is 4.49 Å². The standard InChI is InChI=1S/C5H2F6N2S/c6-4(7,8)3(5(9,10)11)2-1-12-13-14-2/h1,3H. The van der Waals surface area contributed by atoms with E-state index in [0.717, 1.165) is 0 Å². The van der Waals surface area contributed by atoms with Crippen LogP contribution < -0.4 is 0 Å². The Hall–Kier alpha value is -0.860. The van der Waals surface area contributed by atoms with Crippen molar-refractivity contribution < 1.29 is 26.3 Å². The second kappa shape index (κ2) is 3.37. The van der Waals surface area contributed by atoms with Crippen LogP contribution in [0.2, 0.25) is 0 Å². The summed E-state index contributed by atoms with van der Waals surface area (Å²) in [6, 6.07) is 0. The van der Waals surface area contributed by atoms with Crippen LogP contribution in [0.4, 0.5) is 26.3 Å². The molecule has 0 saturated heterocycles. The zero-order valence-electron chi connectivity index (χ0n) is 6.23. The van der Waals surface area contributed by atoms with Crippen molar-refractivity contribution in [3.05, 3.63) is 11.1 Å². The van der Waals surface area contributed by atoms with Gasteiger partial charge >= 0.3 is 12.4 Å². The molecule has 14 heavy (non-hydrogen) atoms. The molecule has 0 fully saturated rings. The fourth-order valence-electron chi connectivity index (χ4n) is 0.810. The van der Waals surface area contributed by atoms with Gasteiger partial charge in [-0.3, -0.25) is 0 Å². The van der Waals surface area contributed by atoms with E-state index in [4.69, 9.17) is 0 Å². The largest absolute Gasteiger partial charge is 0.405 e. The van der Waals surface area contributed by atoms with E-state index in [1.807, 2.05) is 0 Å². The molecule has 9 heteroatoms. The monoisotopic (exact) mass is 236 g/mol. The maximum atomic E-state index is 12.0. The summed E-state index contributed by atoms with van der Waals surface area (Å²) in [4.78, 5) is -0.954. The molecule has 0 aromatic carbocycles. The molecule has 0 aliphatic carbocycles. The van der Waals surface area contributed by atoms with Crippen LogP contribution in [0.5, 0.6) is 0 Å². The highest BCUT2D eigenvalue weighted by atomic mass is 32.1. The molecule has 0 unspecified atom stereocenters. The lowest BCUT2D eigenvalue weighted by atomic mass is 10.1. The molecule has 2 nitrogen and oxygen atoms in total. The van der Waals surface area contributed by atoms with Crippen LogP contribution in [0.25, 0.3) is 0 Å². The Bertz CT molecular complexity index is 274. The van der Waals surface area contributed by atoms with E-state index in [9.17, 15) is 26.3 Å². The molecule has 0 N–H and O–H groups in total. The van der Waals surface area contributed by atoms with Crippen molar-refractivity contribution in [2.75, 3.05) is 0 Å². The molecule has 0 aliphatic heterocycles. The van der Waals surface area contributed by atoms with Gasteiger partial charge in [0.05, 0.1) is 11.1 Å². The topological polar surface area (TPSA) is 25.8 Å². The first kappa shape index (κ1) is 11.2. The Balaban J connectivity index is 3.08. The second-order valence-electron chi connectivity index (χ2n) is 2.34. The summed E-state index contributed by atoms with van der Waals surface area (Å²) >= 11 is 0.0837. The molecule has 0 aliphatic rings. The van der Waals surface area contributed by atoms with Crippen LogP contribution in [0.1, 0.15) is 10.8 Å². The van der Waals surface area contributed by atoms with Crippen molar-refractivity contribution >= 4 is 11.5 Å². The van der Waals surface area contributed by atoms with Gasteiger partial charge in [0.25, 0.3) is 0 Å². The zero-order chi connectivity index (χ0) is 11.0. The number of hydrogen-bond donors (Lipinski definition) is 0. The summed E-state index contributed by atoms with van der Waals surface area (Å²) in [7, 11) is 0. The van der Waals surface area contributed by atoms with Crippen molar-refractivity contribution in [1.29, 1.82) is 0 Å². The lowest BCUT2D eigenvalue weighted by Crippen LogP contribution is -2.33. The third-order valence-electron chi connectivity index (χ3n) is 1.32. The van der Waals surface area contributed by atoms with Gasteiger partial charge in [0.15, 0.2) is 5.92 Å². The number of alkyl halides is 6. The highest BCUT2D eigenvalue weighted by Crippen LogP contribution is 2.46. The molecule has 1 rings (SSSR count). The maximum Gasteiger partial charge on any atom is 0.405 e. The first-order valence-electron chi connectivity index (χ1n) is 3.13. The first-order valence-corrected chi connectivity index (χ1v) is 3.91. The first-order chi connectivity index (χ1) is 6.23. The van der Waals surface area contributed by atoms with Crippen LogP contribution in [0.3, 0.4) is 0 Å². The number of hydrogen-bond acceptors (Lipinski definition) is 3. The highest BCUT2D eigenvalue weighted by Gasteiger charge is 2.58. The van der Waals surface area contributed by atoms with E-state index in [-0.39, 0.29) is 11.5 Å². The molecular formula is C5H2F6N2S. The quantitative estimate of drug-likeness (QED) is 0.700. The molecule has 0 bridgehead atoms. The van der Waals surface area contributed by atoms with Gasteiger partial charge in [0.1, 0.15) is 0 Å². The zero-order valence-corrected chi connectivity index (χ0v) is 7.04. The van der Waals surface area contributed by atoms with E-state index in [1.54, 1.807) is 0 Å². The van der Waals surface area contributed by atoms with Gasteiger partial charge in [0, 0.05) is 0 Å². The summed E-state index contributed by atoms with van der Waals surface area (Å²) in [5.41, 5.74) is 0. The predicted molar refractivity (Wildman–Crippen MR) is 34.8 cm³/mol. The van der Waals surface area contributed by atoms with Gasteiger partial charge < -0.3 is 0 Å². The number of halogens is 6. The number of aromatic nitrogens is 2. The third kappa shape index (κ3) is 2.34. The van der Waals surface area contributed by atoms with E-state index < -0.39 is 23.1 Å². The number of nitrogens with zero attached hydrogens (tertiary/aromatic N) is 2. The lowest BCUT2D eigenvalue weighted by Gasteiger charge is -2.20. The van der Waals surface area contributed by atoms with E-state index in [2.05, 4.69) is 9.59 Å². The average Bonchev–Trinajstić information content (AvgIpc) is 2.31. The maximum absolute atomic E-state index is 12.0. The Morgan fingerprint density at radius 3 is 1.86 bits per heavy atom. The fraction of sp³-hybridized carbons (Fsp3) is 0.600. The van der Waals surface area contributed by atoms with Crippen LogP contribution in [-0.4, -0.2) is 21.9 Å². The van der Waals surface area contributed by atoms with E-state index in [0.29, 0.717) is 6.20 Å². The predicted octanol–water partition coefficient (Wildman–Crippen LogP) is 2.75. The van der Waals surface area contributed by atoms with Crippen molar-refractivity contribution in [2.45, 2.75) is 18.3 Å². The van der Waals surface area contributed by atoms with Crippen LogP contribution >= 0.6 is 11.5 Å². The average molecular weight is 236 g/mol. The van der Waals surface area contributed by atoms with E-state index in [1.165, 1.54) is 0 Å². The van der Waals surface area contributed by atoms with Gasteiger partial charge in [-0.2, -0.15) is 26.3 Å². The van der Waals surface area contributed by atoms with Crippen LogP contribution in [0, 0.1) is 0 Å². The summed E-state index contributed by atoms with van der Waals surface area (Å²) in [5, 5.41) is 2.94. The fourth-order valence-corrected chi connectivity index (χ4v) is 1.47. The second-order valence-corrected chi connectivity index (χ2v) is 3.15. The molecule has 0 radical (unpaired) electrons. The Morgan fingerprint density at radius 2 is 1.57 bits per heavy atom. The van der Waals surface area contributed by atoms with Gasteiger partial charge in [-0.15, -0.1) is 5.10 Å². The minimum Gasteiger partial charge on any atom is -0.170 e. The summed E-state index contributed by atoms with van der Waals surface area (Å²) in [6.45, 7) is 0. The molecule has 1 heterocycles. The Kier molecular flexibility index (Phi) is 2.70. The molecule has 0 atom stereocenters. The minimum atomic E-state index is -5.37. The Morgan fingerprint density at radius 1 is 1.07 bits per heavy atom. The molecule has 1 aromatic heterocycles. The molecule has 0 amide bonds. The van der Waals surface area contributed by atoms with Gasteiger partial charge in [0.2, 0.25) is 0 Å². The smallest absolute Gasteiger partial charge is 0.170 e. The third-order valence-corrected chi connectivity index (χ3v) is 2.05. The van der Waals surface area contributed by atoms with Crippen molar-refractivity contribution in [3.63, 3.8) is 0 Å². The van der Waals surface area contributed by atoms with Crippen LogP contribution in [0.15, 0.2) is 6.20 Å². The highest BCUT2D eigenvalue weighted by molar-refractivity contribution is 7.05. The van der Waals surface area contributed by atoms with Crippen LogP contribution in [-0.2, 0) is 0 Å². The van der Waals surface area contributed by atoms with E-state index >= 15 is 0 Å². The lowest BCUT2D eigenvalue weighted by molar-refractivity contribution is -0.252. The molecule has 80 valence electrons. The minimum absolute atomic E-state index is 0.0837. The van der Waals surface area contributed by atoms with Crippen molar-refractivity contribution in [2.24, 2.45) is 0 Å². The molecule has 1 aromatic rings. The normalized spacial score (nSPS) is 13.6. The summed E-state index contributed by atoms with van der Waals surface area (Å²) in [6.07, 6.45) is -10.3. The Labute approximate surface area is 77.7 Å². The summed E-state index contributed by atoms with van der Waals surface area (Å²) in [5.74, 6) is -3.49. The van der Waals surface area contributed by atoms with Crippen molar-refractivity contribution in [3.8, 4) is 0 Å². The molecule has 0 spiro atoms. The SMILES string of the molecule is FC(F)(F)C(c1cnns1)C(F)(F)F. The summed E-state index contributed by atoms with van der Waals surface area (Å²) < 4.78 is 75.0. The number of rotatable bonds is 1. The molecular weight excluding hydrogens is 234 g/mol. The van der Waals surface area contributed by atoms with Gasteiger partial charge in [-0.05, 0) is 11.5 Å². The molecule has 0 saturated carbocycles. The van der Waals surface area contributed by atoms with Gasteiger partial charge in [-0.25, -0.2) is 0 Å². The van der Waals surface area contributed by atoms with Crippen molar-refractivity contribution in [1.82, 2.24) is 9.59 Å².